The van der Waals surface area contributed by atoms with E-state index in [1.807, 2.05) is 6.92 Å². The van der Waals surface area contributed by atoms with Gasteiger partial charge in [0.05, 0.1) is 19.0 Å². The van der Waals surface area contributed by atoms with E-state index in [0.29, 0.717) is 33.6 Å². The molecule has 1 aromatic carbocycles. The van der Waals surface area contributed by atoms with Gasteiger partial charge in [0.2, 0.25) is 5.13 Å². The Hall–Kier alpha value is -2.76. The minimum Gasteiger partial charge on any atom is -0.497 e. The lowest BCUT2D eigenvalue weighted by Crippen LogP contribution is -2.63. The normalized spacial score (nSPS) is 35.3. The molecule has 0 aliphatic heterocycles. The van der Waals surface area contributed by atoms with Crippen LogP contribution in [-0.2, 0) is 14.3 Å². The molecule has 232 valence electrons. The Morgan fingerprint density at radius 2 is 2.02 bits per heavy atom. The zero-order chi connectivity index (χ0) is 31.2. The molecule has 11 heteroatoms. The predicted octanol–water partition coefficient (Wildman–Crippen LogP) is 5.80. The summed E-state index contributed by atoms with van der Waals surface area (Å²) in [6.45, 7) is 12.4. The smallest absolute Gasteiger partial charge is 0.316 e. The second-order valence-electron chi connectivity index (χ2n) is 12.9. The highest BCUT2D eigenvalue weighted by Crippen LogP contribution is 2.68. The fraction of sp³-hybridized carbons (Fsp3) is 0.594. The van der Waals surface area contributed by atoms with Crippen LogP contribution in [0.15, 0.2) is 41.3 Å². The fourth-order valence-electron chi connectivity index (χ4n) is 8.07. The van der Waals surface area contributed by atoms with Crippen LogP contribution in [0.2, 0.25) is 0 Å². The Bertz CT molecular complexity index is 1410. The van der Waals surface area contributed by atoms with Crippen LogP contribution in [0.25, 0.3) is 0 Å². The molecule has 3 saturated carbocycles. The van der Waals surface area contributed by atoms with Gasteiger partial charge >= 0.3 is 5.97 Å². The van der Waals surface area contributed by atoms with Crippen LogP contribution in [-0.4, -0.2) is 58.0 Å². The number of nitrogens with zero attached hydrogens (tertiary/aromatic N) is 2. The summed E-state index contributed by atoms with van der Waals surface area (Å²) in [5.41, 5.74) is -1.15. The topological polar surface area (TPSA) is 128 Å². The molecule has 3 aliphatic carbocycles. The van der Waals surface area contributed by atoms with E-state index in [9.17, 15) is 19.5 Å². The molecule has 3 aliphatic rings. The van der Waals surface area contributed by atoms with Crippen LogP contribution in [0.3, 0.4) is 0 Å². The third-order valence-electron chi connectivity index (χ3n) is 10.8. The first-order valence-corrected chi connectivity index (χ1v) is 16.6. The highest BCUT2D eigenvalue weighted by atomic mass is 32.2. The van der Waals surface area contributed by atoms with Crippen molar-refractivity contribution < 1.29 is 29.0 Å². The summed E-state index contributed by atoms with van der Waals surface area (Å²) < 4.78 is 12.0. The van der Waals surface area contributed by atoms with Crippen molar-refractivity contribution in [1.82, 2.24) is 10.2 Å². The molecule has 0 radical (unpaired) electrons. The van der Waals surface area contributed by atoms with E-state index in [0.717, 1.165) is 19.3 Å². The van der Waals surface area contributed by atoms with Crippen LogP contribution >= 0.6 is 23.1 Å². The van der Waals surface area contributed by atoms with Crippen LogP contribution in [0.4, 0.5) is 5.13 Å². The van der Waals surface area contributed by atoms with Gasteiger partial charge in [-0.15, -0.1) is 16.8 Å². The van der Waals surface area contributed by atoms with Crippen molar-refractivity contribution in [3.05, 3.63) is 42.5 Å². The molecule has 1 aromatic heterocycles. The van der Waals surface area contributed by atoms with Gasteiger partial charge in [0.1, 0.15) is 17.6 Å². The van der Waals surface area contributed by atoms with E-state index >= 15 is 0 Å². The van der Waals surface area contributed by atoms with Gasteiger partial charge in [0.15, 0.2) is 4.34 Å². The summed E-state index contributed by atoms with van der Waals surface area (Å²) >= 11 is 2.36. The maximum absolute atomic E-state index is 13.6. The monoisotopic (exact) mass is 627 g/mol. The van der Waals surface area contributed by atoms with Gasteiger partial charge in [-0.2, -0.15) is 0 Å². The Labute approximate surface area is 261 Å². The van der Waals surface area contributed by atoms with Gasteiger partial charge in [0, 0.05) is 28.7 Å². The predicted molar refractivity (Wildman–Crippen MR) is 166 cm³/mol. The Morgan fingerprint density at radius 1 is 1.26 bits per heavy atom. The second-order valence-corrected chi connectivity index (χ2v) is 15.1. The number of thioether (sulfide) groups is 1. The molecular formula is C32H41N3O6S2. The van der Waals surface area contributed by atoms with E-state index in [1.165, 1.54) is 30.2 Å². The molecule has 0 unspecified atom stereocenters. The first kappa shape index (κ1) is 31.7. The van der Waals surface area contributed by atoms with Crippen molar-refractivity contribution >= 4 is 45.9 Å². The number of amides is 1. The minimum atomic E-state index is -0.709. The first-order valence-electron chi connectivity index (χ1n) is 14.8. The molecule has 8 atom stereocenters. The summed E-state index contributed by atoms with van der Waals surface area (Å²) in [7, 11) is 1.53. The molecule has 2 bridgehead atoms. The van der Waals surface area contributed by atoms with Gasteiger partial charge < -0.3 is 14.6 Å². The number of esters is 1. The van der Waals surface area contributed by atoms with Crippen LogP contribution in [0.5, 0.6) is 5.75 Å². The molecular weight excluding hydrogens is 587 g/mol. The Kier molecular flexibility index (Phi) is 8.81. The average Bonchev–Trinajstić information content (AvgIpc) is 3.60. The first-order chi connectivity index (χ1) is 20.4. The maximum Gasteiger partial charge on any atom is 0.316 e. The lowest BCUT2D eigenvalue weighted by atomic mass is 9.44. The Balaban J connectivity index is 1.31. The van der Waals surface area contributed by atoms with Crippen molar-refractivity contribution in [3.8, 4) is 5.75 Å². The van der Waals surface area contributed by atoms with E-state index in [4.69, 9.17) is 9.47 Å². The number of hydrogen-bond donors (Lipinski definition) is 2. The molecule has 3 fully saturated rings. The van der Waals surface area contributed by atoms with Crippen LogP contribution in [0, 0.1) is 34.0 Å². The van der Waals surface area contributed by atoms with Crippen molar-refractivity contribution in [2.45, 2.75) is 76.3 Å². The molecule has 1 heterocycles. The number of anilines is 1. The molecule has 0 saturated heterocycles. The highest BCUT2D eigenvalue weighted by molar-refractivity contribution is 8.01. The number of benzene rings is 1. The van der Waals surface area contributed by atoms with E-state index in [2.05, 4.69) is 42.9 Å². The van der Waals surface area contributed by atoms with Gasteiger partial charge in [-0.05, 0) is 61.1 Å². The molecule has 43 heavy (non-hydrogen) atoms. The fourth-order valence-corrected chi connectivity index (χ4v) is 9.60. The lowest BCUT2D eigenvalue weighted by Gasteiger charge is -2.61. The number of aromatic nitrogens is 2. The zero-order valence-electron chi connectivity index (χ0n) is 25.4. The van der Waals surface area contributed by atoms with Crippen molar-refractivity contribution in [1.29, 1.82) is 0 Å². The SMILES string of the molecule is C=C[C@]1(C)C[C@@H](OC(=O)CSc2nnc(NC(=O)c3cccc(OC)c3)s2)[C@]2(C)[C@H](C)CC[C@]3(CCC(=O)[C@H]32)[C@@H](C)[C@@H]1O. The second kappa shape index (κ2) is 12.0. The number of ether oxygens (including phenoxy) is 2. The van der Waals surface area contributed by atoms with Crippen molar-refractivity contribution in [2.24, 2.45) is 34.0 Å². The number of ketones is 1. The molecule has 9 nitrogen and oxygen atoms in total. The third-order valence-corrected chi connectivity index (χ3v) is 12.8. The number of aliphatic hydroxyl groups excluding tert-OH is 1. The van der Waals surface area contributed by atoms with E-state index in [-0.39, 0.29) is 40.6 Å². The van der Waals surface area contributed by atoms with Gasteiger partial charge in [-0.3, -0.25) is 19.7 Å². The minimum absolute atomic E-state index is 0.00700. The number of rotatable bonds is 8. The molecule has 2 N–H and O–H groups in total. The van der Waals surface area contributed by atoms with E-state index < -0.39 is 29.0 Å². The molecule has 2 aromatic rings. The molecule has 5 rings (SSSR count). The standard InChI is InChI=1S/C32H41N3O6S2/c1-7-30(4)16-23(31(5)18(2)11-13-32(19(3)26(30)38)14-12-22(36)25(31)32)41-24(37)17-42-29-35-34-28(43-29)33-27(39)20-9-8-10-21(15-20)40-6/h7-10,15,18-19,23,25-26,38H,1,11-14,16-17H2,2-6H3,(H,33,34,39)/t18-,19+,23-,25+,26+,30-,31+,32+/m1/s1. The zero-order valence-corrected chi connectivity index (χ0v) is 27.1. The summed E-state index contributed by atoms with van der Waals surface area (Å²) in [5, 5.41) is 22.9. The number of carbonyl (C=O) groups excluding carboxylic acids is 3. The molecule has 0 spiro atoms. The molecule has 1 amide bonds. The summed E-state index contributed by atoms with van der Waals surface area (Å²) in [6, 6.07) is 6.79. The number of Topliss-reactive ketones (excluding diaryl/α,β-unsaturated/α-hetero) is 1. The average molecular weight is 628 g/mol. The van der Waals surface area contributed by atoms with Gasteiger partial charge in [-0.1, -0.05) is 62.9 Å². The number of aliphatic hydroxyl groups is 1. The Morgan fingerprint density at radius 3 is 2.74 bits per heavy atom. The summed E-state index contributed by atoms with van der Waals surface area (Å²) in [5.74, 6) is -0.166. The highest BCUT2D eigenvalue weighted by Gasteiger charge is 2.68. The van der Waals surface area contributed by atoms with Crippen LogP contribution in [0.1, 0.15) is 70.2 Å². The largest absolute Gasteiger partial charge is 0.497 e. The van der Waals surface area contributed by atoms with Crippen molar-refractivity contribution in [3.63, 3.8) is 0 Å². The van der Waals surface area contributed by atoms with Gasteiger partial charge in [0.25, 0.3) is 5.91 Å². The number of methoxy groups -OCH3 is 1. The third kappa shape index (κ3) is 5.53. The van der Waals surface area contributed by atoms with E-state index in [1.54, 1.807) is 30.3 Å². The number of hydrogen-bond acceptors (Lipinski definition) is 10. The van der Waals surface area contributed by atoms with Crippen LogP contribution < -0.4 is 10.1 Å². The number of carbonyl (C=O) groups is 3. The summed E-state index contributed by atoms with van der Waals surface area (Å²) in [4.78, 5) is 39.6. The summed E-state index contributed by atoms with van der Waals surface area (Å²) in [6.07, 6.45) is 3.96. The van der Waals surface area contributed by atoms with Gasteiger partial charge in [-0.25, -0.2) is 0 Å². The quantitative estimate of drug-likeness (QED) is 0.162. The lowest BCUT2D eigenvalue weighted by molar-refractivity contribution is -0.205. The maximum atomic E-state index is 13.6. The number of nitrogens with one attached hydrogen (secondary N) is 1. The van der Waals surface area contributed by atoms with Crippen molar-refractivity contribution in [2.75, 3.05) is 18.2 Å².